The summed E-state index contributed by atoms with van der Waals surface area (Å²) in [5, 5.41) is 2.81. The molecule has 33 heavy (non-hydrogen) atoms. The molecular weight excluding hydrogens is 421 g/mol. The van der Waals surface area contributed by atoms with E-state index in [1.54, 1.807) is 25.3 Å². The molecular formula is C26H22FN3O3. The average Bonchev–Trinajstić information content (AvgIpc) is 2.85. The van der Waals surface area contributed by atoms with Crippen LogP contribution < -0.4 is 14.8 Å². The Hall–Kier alpha value is -4.26. The summed E-state index contributed by atoms with van der Waals surface area (Å²) in [6.45, 7) is 2.16. The summed E-state index contributed by atoms with van der Waals surface area (Å²) in [6.07, 6.45) is 1.44. The second kappa shape index (κ2) is 9.91. The first-order chi connectivity index (χ1) is 16.0. The Labute approximate surface area is 191 Å². The molecule has 0 radical (unpaired) electrons. The number of nitrogens with zero attached hydrogens (tertiary/aromatic N) is 2. The standard InChI is InChI=1S/C26H22FN3O3/c1-17-8-13-22(23(14-17)32-2)33-26-21(16-28-24(30-26)19-6-4-3-5-7-19)25(31)29-15-18-9-11-20(27)12-10-18/h3-14,16H,15H2,1-2H3,(H,29,31). The lowest BCUT2D eigenvalue weighted by molar-refractivity contribution is 0.0947. The van der Waals surface area contributed by atoms with Crippen molar-refractivity contribution in [3.63, 3.8) is 0 Å². The smallest absolute Gasteiger partial charge is 0.258 e. The number of carbonyl (C=O) groups excluding carboxylic acids is 1. The predicted octanol–water partition coefficient (Wildman–Crippen LogP) is 5.32. The quantitative estimate of drug-likeness (QED) is 0.418. The van der Waals surface area contributed by atoms with Gasteiger partial charge in [0.25, 0.3) is 5.91 Å². The molecule has 0 bridgehead atoms. The lowest BCUT2D eigenvalue weighted by Crippen LogP contribution is -2.24. The second-order valence-corrected chi connectivity index (χ2v) is 7.34. The third kappa shape index (κ3) is 5.33. The van der Waals surface area contributed by atoms with Crippen LogP contribution in [0.3, 0.4) is 0 Å². The van der Waals surface area contributed by atoms with Crippen molar-refractivity contribution in [3.05, 3.63) is 102 Å². The summed E-state index contributed by atoms with van der Waals surface area (Å²) < 4.78 is 24.6. The highest BCUT2D eigenvalue weighted by atomic mass is 19.1. The summed E-state index contributed by atoms with van der Waals surface area (Å²) in [6, 6.07) is 20.8. The summed E-state index contributed by atoms with van der Waals surface area (Å²) in [7, 11) is 1.55. The van der Waals surface area contributed by atoms with Gasteiger partial charge in [0.15, 0.2) is 17.3 Å². The van der Waals surface area contributed by atoms with Crippen molar-refractivity contribution >= 4 is 5.91 Å². The van der Waals surface area contributed by atoms with Gasteiger partial charge in [-0.1, -0.05) is 48.5 Å². The molecule has 1 heterocycles. The SMILES string of the molecule is COc1cc(C)ccc1Oc1nc(-c2ccccc2)ncc1C(=O)NCc1ccc(F)cc1. The fourth-order valence-corrected chi connectivity index (χ4v) is 3.17. The van der Waals surface area contributed by atoms with Gasteiger partial charge in [-0.15, -0.1) is 0 Å². The molecule has 3 aromatic carbocycles. The maximum absolute atomic E-state index is 13.1. The summed E-state index contributed by atoms with van der Waals surface area (Å²) in [4.78, 5) is 21.9. The molecule has 0 aliphatic carbocycles. The fraction of sp³-hybridized carbons (Fsp3) is 0.115. The van der Waals surface area contributed by atoms with Crippen LogP contribution in [0.15, 0.2) is 79.0 Å². The van der Waals surface area contributed by atoms with E-state index in [1.165, 1.54) is 18.3 Å². The minimum Gasteiger partial charge on any atom is -0.493 e. The Balaban J connectivity index is 1.66. The normalized spacial score (nSPS) is 10.5. The summed E-state index contributed by atoms with van der Waals surface area (Å²) >= 11 is 0. The second-order valence-electron chi connectivity index (χ2n) is 7.34. The zero-order valence-electron chi connectivity index (χ0n) is 18.2. The predicted molar refractivity (Wildman–Crippen MR) is 123 cm³/mol. The van der Waals surface area contributed by atoms with Gasteiger partial charge in [0.1, 0.15) is 11.4 Å². The number of hydrogen-bond donors (Lipinski definition) is 1. The zero-order chi connectivity index (χ0) is 23.2. The number of hydrogen-bond acceptors (Lipinski definition) is 5. The van der Waals surface area contributed by atoms with E-state index in [1.807, 2.05) is 49.4 Å². The summed E-state index contributed by atoms with van der Waals surface area (Å²) in [5.74, 6) is 0.716. The van der Waals surface area contributed by atoms with Gasteiger partial charge in [-0.25, -0.2) is 9.37 Å². The molecule has 0 aliphatic heterocycles. The van der Waals surface area contributed by atoms with Crippen LogP contribution in [0.1, 0.15) is 21.5 Å². The first kappa shape index (κ1) is 22.0. The Morgan fingerprint density at radius 1 is 1.00 bits per heavy atom. The molecule has 4 rings (SSSR count). The number of amides is 1. The highest BCUT2D eigenvalue weighted by Gasteiger charge is 2.19. The molecule has 1 amide bonds. The zero-order valence-corrected chi connectivity index (χ0v) is 18.2. The minimum atomic E-state index is -0.417. The van der Waals surface area contributed by atoms with Crippen LogP contribution in [0.2, 0.25) is 0 Å². The Kier molecular flexibility index (Phi) is 6.59. The van der Waals surface area contributed by atoms with E-state index in [4.69, 9.17) is 9.47 Å². The number of methoxy groups -OCH3 is 1. The number of benzene rings is 3. The van der Waals surface area contributed by atoms with Crippen molar-refractivity contribution in [1.29, 1.82) is 0 Å². The third-order valence-corrected chi connectivity index (χ3v) is 4.92. The topological polar surface area (TPSA) is 73.3 Å². The van der Waals surface area contributed by atoms with Crippen LogP contribution in [0, 0.1) is 12.7 Å². The van der Waals surface area contributed by atoms with Gasteiger partial charge in [-0.3, -0.25) is 4.79 Å². The number of carbonyl (C=O) groups is 1. The first-order valence-electron chi connectivity index (χ1n) is 10.3. The van der Waals surface area contributed by atoms with E-state index in [9.17, 15) is 9.18 Å². The summed E-state index contributed by atoms with van der Waals surface area (Å²) in [5.41, 5.74) is 2.72. The van der Waals surface area contributed by atoms with Gasteiger partial charge in [0.2, 0.25) is 5.88 Å². The van der Waals surface area contributed by atoms with Gasteiger partial charge >= 0.3 is 0 Å². The van der Waals surface area contributed by atoms with E-state index >= 15 is 0 Å². The van der Waals surface area contributed by atoms with Crippen LogP contribution in [-0.2, 0) is 6.54 Å². The van der Waals surface area contributed by atoms with Crippen molar-refractivity contribution in [2.45, 2.75) is 13.5 Å². The minimum absolute atomic E-state index is 0.0996. The Morgan fingerprint density at radius 2 is 1.76 bits per heavy atom. The number of halogens is 1. The van der Waals surface area contributed by atoms with Crippen molar-refractivity contribution < 1.29 is 18.7 Å². The van der Waals surface area contributed by atoms with E-state index < -0.39 is 5.91 Å². The molecule has 0 saturated heterocycles. The molecule has 0 aliphatic rings. The fourth-order valence-electron chi connectivity index (χ4n) is 3.17. The number of nitrogens with one attached hydrogen (secondary N) is 1. The Morgan fingerprint density at radius 3 is 2.48 bits per heavy atom. The largest absolute Gasteiger partial charge is 0.493 e. The van der Waals surface area contributed by atoms with Crippen LogP contribution >= 0.6 is 0 Å². The van der Waals surface area contributed by atoms with Crippen molar-refractivity contribution in [2.24, 2.45) is 0 Å². The molecule has 0 saturated carbocycles. The monoisotopic (exact) mass is 443 g/mol. The van der Waals surface area contributed by atoms with Gasteiger partial charge in [-0.2, -0.15) is 4.98 Å². The average molecular weight is 443 g/mol. The van der Waals surface area contributed by atoms with Crippen molar-refractivity contribution in [1.82, 2.24) is 15.3 Å². The Bertz CT molecular complexity index is 1260. The van der Waals surface area contributed by atoms with Crippen LogP contribution in [-0.4, -0.2) is 23.0 Å². The van der Waals surface area contributed by atoms with Crippen molar-refractivity contribution in [3.8, 4) is 28.8 Å². The molecule has 7 heteroatoms. The van der Waals surface area contributed by atoms with E-state index in [2.05, 4.69) is 15.3 Å². The maximum Gasteiger partial charge on any atom is 0.258 e. The lowest BCUT2D eigenvalue weighted by atomic mass is 10.2. The number of rotatable bonds is 7. The molecule has 1 aromatic heterocycles. The van der Waals surface area contributed by atoms with E-state index in [0.717, 1.165) is 16.7 Å². The van der Waals surface area contributed by atoms with E-state index in [0.29, 0.717) is 17.3 Å². The van der Waals surface area contributed by atoms with Crippen LogP contribution in [0.4, 0.5) is 4.39 Å². The first-order valence-corrected chi connectivity index (χ1v) is 10.3. The molecule has 166 valence electrons. The molecule has 0 atom stereocenters. The van der Waals surface area contributed by atoms with Gasteiger partial charge in [-0.05, 0) is 42.3 Å². The highest BCUT2D eigenvalue weighted by molar-refractivity contribution is 5.96. The molecule has 0 unspecified atom stereocenters. The molecule has 4 aromatic rings. The van der Waals surface area contributed by atoms with Gasteiger partial charge < -0.3 is 14.8 Å². The lowest BCUT2D eigenvalue weighted by Gasteiger charge is -2.14. The molecule has 6 nitrogen and oxygen atoms in total. The number of aromatic nitrogens is 2. The number of ether oxygens (including phenoxy) is 2. The van der Waals surface area contributed by atoms with Gasteiger partial charge in [0, 0.05) is 18.3 Å². The van der Waals surface area contributed by atoms with E-state index in [-0.39, 0.29) is 23.8 Å². The number of aryl methyl sites for hydroxylation is 1. The van der Waals surface area contributed by atoms with Crippen molar-refractivity contribution in [2.75, 3.05) is 7.11 Å². The molecule has 0 spiro atoms. The highest BCUT2D eigenvalue weighted by Crippen LogP contribution is 2.33. The molecule has 1 N–H and O–H groups in total. The van der Waals surface area contributed by atoms with Crippen LogP contribution in [0.25, 0.3) is 11.4 Å². The van der Waals surface area contributed by atoms with Crippen LogP contribution in [0.5, 0.6) is 17.4 Å². The third-order valence-electron chi connectivity index (χ3n) is 4.92. The maximum atomic E-state index is 13.1. The van der Waals surface area contributed by atoms with Gasteiger partial charge in [0.05, 0.1) is 7.11 Å². The molecule has 0 fully saturated rings.